The van der Waals surface area contributed by atoms with Gasteiger partial charge in [-0.15, -0.1) is 0 Å². The molecule has 18 heavy (non-hydrogen) atoms. The molecule has 6 heteroatoms. The Morgan fingerprint density at radius 2 is 2.00 bits per heavy atom. The number of rotatable bonds is 6. The zero-order chi connectivity index (χ0) is 13.5. The minimum atomic E-state index is -1.11. The Hall–Kier alpha value is -1.92. The molecule has 0 aliphatic carbocycles. The fourth-order valence-corrected chi connectivity index (χ4v) is 1.51. The van der Waals surface area contributed by atoms with Gasteiger partial charge in [-0.3, -0.25) is 10.1 Å². The van der Waals surface area contributed by atoms with E-state index in [1.54, 1.807) is 30.3 Å². The zero-order valence-corrected chi connectivity index (χ0v) is 10.00. The van der Waals surface area contributed by atoms with Gasteiger partial charge >= 0.3 is 11.9 Å². The number of methoxy groups -OCH3 is 1. The van der Waals surface area contributed by atoms with Crippen LogP contribution >= 0.6 is 0 Å². The molecule has 0 radical (unpaired) electrons. The highest BCUT2D eigenvalue weighted by Crippen LogP contribution is 2.14. The highest BCUT2D eigenvalue weighted by atomic mass is 16.5. The maximum absolute atomic E-state index is 11.7. The van der Waals surface area contributed by atoms with Gasteiger partial charge in [0.2, 0.25) is 0 Å². The number of ether oxygens (including phenoxy) is 1. The fourth-order valence-electron chi connectivity index (χ4n) is 1.51. The molecule has 1 aromatic carbocycles. The molecular weight excluding hydrogens is 236 g/mol. The molecule has 98 valence electrons. The molecule has 2 unspecified atom stereocenters. The summed E-state index contributed by atoms with van der Waals surface area (Å²) >= 11 is 0. The number of aliphatic carboxylic acids is 1. The van der Waals surface area contributed by atoms with Crippen LogP contribution in [0.15, 0.2) is 30.3 Å². The zero-order valence-electron chi connectivity index (χ0n) is 10.00. The van der Waals surface area contributed by atoms with E-state index < -0.39 is 24.0 Å². The lowest BCUT2D eigenvalue weighted by atomic mass is 10.1. The lowest BCUT2D eigenvalue weighted by Gasteiger charge is -2.20. The molecule has 0 heterocycles. The number of hydrogen-bond donors (Lipinski definition) is 3. The van der Waals surface area contributed by atoms with Gasteiger partial charge in [0, 0.05) is 6.54 Å². The largest absolute Gasteiger partial charge is 0.480 e. The number of carboxylic acid groups (broad SMARTS) is 1. The van der Waals surface area contributed by atoms with Gasteiger partial charge < -0.3 is 15.6 Å². The van der Waals surface area contributed by atoms with Crippen molar-refractivity contribution in [2.75, 3.05) is 13.7 Å². The van der Waals surface area contributed by atoms with Gasteiger partial charge in [0.15, 0.2) is 0 Å². The van der Waals surface area contributed by atoms with Gasteiger partial charge in [-0.2, -0.15) is 0 Å². The van der Waals surface area contributed by atoms with Crippen LogP contribution < -0.4 is 11.1 Å². The molecule has 0 fully saturated rings. The number of carbonyl (C=O) groups is 2. The Balaban J connectivity index is 2.93. The highest BCUT2D eigenvalue weighted by molar-refractivity contribution is 5.80. The van der Waals surface area contributed by atoms with Crippen molar-refractivity contribution in [1.29, 1.82) is 0 Å². The quantitative estimate of drug-likeness (QED) is 0.611. The molecule has 0 saturated heterocycles. The minimum Gasteiger partial charge on any atom is -0.480 e. The van der Waals surface area contributed by atoms with Crippen molar-refractivity contribution >= 4 is 11.9 Å². The topological polar surface area (TPSA) is 102 Å². The first kappa shape index (κ1) is 14.1. The Labute approximate surface area is 105 Å². The Morgan fingerprint density at radius 1 is 1.39 bits per heavy atom. The monoisotopic (exact) mass is 252 g/mol. The first-order valence-electron chi connectivity index (χ1n) is 5.41. The summed E-state index contributed by atoms with van der Waals surface area (Å²) in [5.41, 5.74) is 5.97. The fraction of sp³-hybridized carbons (Fsp3) is 0.333. The minimum absolute atomic E-state index is 0.115. The molecular formula is C12H16N2O4. The molecule has 4 N–H and O–H groups in total. The maximum atomic E-state index is 11.7. The summed E-state index contributed by atoms with van der Waals surface area (Å²) < 4.78 is 4.66. The van der Waals surface area contributed by atoms with E-state index in [9.17, 15) is 9.59 Å². The van der Waals surface area contributed by atoms with E-state index in [4.69, 9.17) is 10.8 Å². The van der Waals surface area contributed by atoms with Crippen LogP contribution in [0.1, 0.15) is 11.6 Å². The van der Waals surface area contributed by atoms with Gasteiger partial charge in [0.1, 0.15) is 12.1 Å². The predicted molar refractivity (Wildman–Crippen MR) is 64.8 cm³/mol. The third-order valence-electron chi connectivity index (χ3n) is 2.47. The summed E-state index contributed by atoms with van der Waals surface area (Å²) in [6.07, 6.45) is 0. The first-order chi connectivity index (χ1) is 8.60. The molecule has 1 aromatic rings. The molecule has 0 spiro atoms. The number of esters is 1. The number of benzene rings is 1. The SMILES string of the molecule is COC(=O)C(NC(CN)C(=O)O)c1ccccc1. The van der Waals surface area contributed by atoms with Crippen molar-refractivity contribution in [3.8, 4) is 0 Å². The molecule has 0 amide bonds. The lowest BCUT2D eigenvalue weighted by molar-refractivity contribution is -0.145. The van der Waals surface area contributed by atoms with E-state index in [1.807, 2.05) is 0 Å². The van der Waals surface area contributed by atoms with Crippen LogP contribution in [-0.2, 0) is 14.3 Å². The van der Waals surface area contributed by atoms with Gasteiger partial charge in [-0.25, -0.2) is 4.79 Å². The molecule has 0 bridgehead atoms. The van der Waals surface area contributed by atoms with Gasteiger partial charge in [0.25, 0.3) is 0 Å². The van der Waals surface area contributed by atoms with Crippen LogP contribution in [0.3, 0.4) is 0 Å². The van der Waals surface area contributed by atoms with E-state index in [-0.39, 0.29) is 6.54 Å². The average Bonchev–Trinajstić information content (AvgIpc) is 2.39. The van der Waals surface area contributed by atoms with Crippen molar-refractivity contribution in [1.82, 2.24) is 5.32 Å². The van der Waals surface area contributed by atoms with Crippen LogP contribution in [0, 0.1) is 0 Å². The highest BCUT2D eigenvalue weighted by Gasteiger charge is 2.27. The van der Waals surface area contributed by atoms with Gasteiger partial charge in [-0.05, 0) is 5.56 Å². The molecule has 0 aromatic heterocycles. The summed E-state index contributed by atoms with van der Waals surface area (Å²) in [6.45, 7) is -0.115. The summed E-state index contributed by atoms with van der Waals surface area (Å²) in [5, 5.41) is 11.6. The Kier molecular flexibility index (Phi) is 5.29. The lowest BCUT2D eigenvalue weighted by Crippen LogP contribution is -2.46. The molecule has 2 atom stereocenters. The number of hydrogen-bond acceptors (Lipinski definition) is 5. The van der Waals surface area contributed by atoms with Crippen molar-refractivity contribution in [3.05, 3.63) is 35.9 Å². The second-order valence-corrected chi connectivity index (χ2v) is 3.66. The second kappa shape index (κ2) is 6.73. The molecule has 0 saturated carbocycles. The molecule has 6 nitrogen and oxygen atoms in total. The second-order valence-electron chi connectivity index (χ2n) is 3.66. The normalized spacial score (nSPS) is 13.7. The summed E-state index contributed by atoms with van der Waals surface area (Å²) in [7, 11) is 1.25. The van der Waals surface area contributed by atoms with Crippen molar-refractivity contribution < 1.29 is 19.4 Å². The summed E-state index contributed by atoms with van der Waals surface area (Å²) in [5.74, 6) is -1.66. The first-order valence-corrected chi connectivity index (χ1v) is 5.41. The van der Waals surface area contributed by atoms with E-state index in [0.717, 1.165) is 0 Å². The predicted octanol–water partition coefficient (Wildman–Crippen LogP) is -0.0978. The third-order valence-corrected chi connectivity index (χ3v) is 2.47. The maximum Gasteiger partial charge on any atom is 0.327 e. The number of carbonyl (C=O) groups excluding carboxylic acids is 1. The Morgan fingerprint density at radius 3 is 2.44 bits per heavy atom. The third kappa shape index (κ3) is 3.54. The van der Waals surface area contributed by atoms with E-state index in [2.05, 4.69) is 10.1 Å². The van der Waals surface area contributed by atoms with Crippen molar-refractivity contribution in [2.45, 2.75) is 12.1 Å². The van der Waals surface area contributed by atoms with Gasteiger partial charge in [-0.1, -0.05) is 30.3 Å². The van der Waals surface area contributed by atoms with E-state index in [0.29, 0.717) is 5.56 Å². The van der Waals surface area contributed by atoms with E-state index >= 15 is 0 Å². The van der Waals surface area contributed by atoms with Crippen molar-refractivity contribution in [2.24, 2.45) is 5.73 Å². The molecule has 0 aliphatic rings. The van der Waals surface area contributed by atoms with Crippen molar-refractivity contribution in [3.63, 3.8) is 0 Å². The van der Waals surface area contributed by atoms with Crippen LogP contribution in [0.2, 0.25) is 0 Å². The smallest absolute Gasteiger partial charge is 0.327 e. The standard InChI is InChI=1S/C12H16N2O4/c1-18-12(17)10(8-5-3-2-4-6-8)14-9(7-13)11(15)16/h2-6,9-10,14H,7,13H2,1H3,(H,15,16). The molecule has 1 rings (SSSR count). The molecule has 0 aliphatic heterocycles. The number of nitrogens with two attached hydrogens (primary N) is 1. The van der Waals surface area contributed by atoms with Crippen LogP contribution in [-0.4, -0.2) is 36.7 Å². The van der Waals surface area contributed by atoms with Crippen LogP contribution in [0.4, 0.5) is 0 Å². The Bertz CT molecular complexity index is 408. The van der Waals surface area contributed by atoms with Crippen LogP contribution in [0.25, 0.3) is 0 Å². The number of carboxylic acids is 1. The average molecular weight is 252 g/mol. The van der Waals surface area contributed by atoms with Gasteiger partial charge in [0.05, 0.1) is 7.11 Å². The van der Waals surface area contributed by atoms with Crippen LogP contribution in [0.5, 0.6) is 0 Å². The summed E-state index contributed by atoms with van der Waals surface area (Å²) in [6, 6.07) is 6.88. The van der Waals surface area contributed by atoms with E-state index in [1.165, 1.54) is 7.11 Å². The number of nitrogens with one attached hydrogen (secondary N) is 1. The summed E-state index contributed by atoms with van der Waals surface area (Å²) in [4.78, 5) is 22.6.